The molecule has 1 rings (SSSR count). The van der Waals surface area contributed by atoms with E-state index in [-0.39, 0.29) is 0 Å². The predicted molar refractivity (Wildman–Crippen MR) is 97.1 cm³/mol. The zero-order chi connectivity index (χ0) is 15.9. The molecule has 0 fully saturated rings. The van der Waals surface area contributed by atoms with Crippen molar-refractivity contribution in [3.05, 3.63) is 35.9 Å². The maximum absolute atomic E-state index is 9.89. The van der Waals surface area contributed by atoms with Crippen LogP contribution in [0.15, 0.2) is 30.3 Å². The minimum atomic E-state index is -1.29. The molecule has 2 nitrogen and oxygen atoms in total. The van der Waals surface area contributed by atoms with Gasteiger partial charge in [0.1, 0.15) is 0 Å². The SMILES string of the molecule is CCCCCCCCCCCCOP(O)Cc1ccccc1. The van der Waals surface area contributed by atoms with Crippen LogP contribution in [-0.2, 0) is 10.7 Å². The molecule has 0 bridgehead atoms. The number of rotatable bonds is 14. The Morgan fingerprint density at radius 3 is 1.95 bits per heavy atom. The van der Waals surface area contributed by atoms with Crippen molar-refractivity contribution in [3.63, 3.8) is 0 Å². The monoisotopic (exact) mass is 324 g/mol. The largest absolute Gasteiger partial charge is 0.350 e. The predicted octanol–water partition coefficient (Wildman–Crippen LogP) is 6.43. The third-order valence-corrected chi connectivity index (χ3v) is 5.02. The highest BCUT2D eigenvalue weighted by molar-refractivity contribution is 7.45. The summed E-state index contributed by atoms with van der Waals surface area (Å²) in [4.78, 5) is 9.89. The molecule has 0 saturated carbocycles. The molecule has 1 atom stereocenters. The van der Waals surface area contributed by atoms with Gasteiger partial charge in [-0.1, -0.05) is 95.0 Å². The topological polar surface area (TPSA) is 29.5 Å². The normalized spacial score (nSPS) is 12.5. The second kappa shape index (κ2) is 14.2. The average Bonchev–Trinajstić information content (AvgIpc) is 2.53. The molecule has 126 valence electrons. The van der Waals surface area contributed by atoms with Crippen LogP contribution < -0.4 is 0 Å². The first kappa shape index (κ1) is 19.6. The summed E-state index contributed by atoms with van der Waals surface area (Å²) in [6.07, 6.45) is 13.9. The molecule has 0 amide bonds. The lowest BCUT2D eigenvalue weighted by Crippen LogP contribution is -1.92. The molecule has 3 heteroatoms. The van der Waals surface area contributed by atoms with Gasteiger partial charge in [-0.15, -0.1) is 0 Å². The molecule has 22 heavy (non-hydrogen) atoms. The first-order valence-electron chi connectivity index (χ1n) is 8.96. The Balaban J connectivity index is 1.85. The fourth-order valence-electron chi connectivity index (χ4n) is 2.54. The summed E-state index contributed by atoms with van der Waals surface area (Å²) in [7, 11) is -1.29. The molecule has 0 aromatic heterocycles. The van der Waals surface area contributed by atoms with Gasteiger partial charge in [0.25, 0.3) is 0 Å². The van der Waals surface area contributed by atoms with Crippen molar-refractivity contribution in [2.45, 2.75) is 77.3 Å². The van der Waals surface area contributed by atoms with Crippen LogP contribution in [0.4, 0.5) is 0 Å². The van der Waals surface area contributed by atoms with E-state index in [1.54, 1.807) is 0 Å². The van der Waals surface area contributed by atoms with Gasteiger partial charge in [-0.25, -0.2) is 0 Å². The fraction of sp³-hybridized carbons (Fsp3) is 0.684. The molecule has 0 heterocycles. The molecule has 1 aromatic carbocycles. The highest BCUT2D eigenvalue weighted by atomic mass is 31.2. The summed E-state index contributed by atoms with van der Waals surface area (Å²) >= 11 is 0. The molecule has 0 aliphatic heterocycles. The molecular weight excluding hydrogens is 291 g/mol. The van der Waals surface area contributed by atoms with E-state index in [1.165, 1.54) is 57.8 Å². The average molecular weight is 324 g/mol. The van der Waals surface area contributed by atoms with Crippen LogP contribution >= 0.6 is 8.38 Å². The maximum Gasteiger partial charge on any atom is 0.172 e. The lowest BCUT2D eigenvalue weighted by Gasteiger charge is -2.10. The third-order valence-electron chi connectivity index (χ3n) is 3.90. The van der Waals surface area contributed by atoms with E-state index < -0.39 is 8.38 Å². The van der Waals surface area contributed by atoms with Gasteiger partial charge in [-0.2, -0.15) is 0 Å². The van der Waals surface area contributed by atoms with Gasteiger partial charge >= 0.3 is 0 Å². The van der Waals surface area contributed by atoms with Crippen LogP contribution in [0.5, 0.6) is 0 Å². The quantitative estimate of drug-likeness (QED) is 0.316. The van der Waals surface area contributed by atoms with Gasteiger partial charge in [-0.3, -0.25) is 0 Å². The summed E-state index contributed by atoms with van der Waals surface area (Å²) in [6, 6.07) is 10.1. The summed E-state index contributed by atoms with van der Waals surface area (Å²) < 4.78 is 5.54. The summed E-state index contributed by atoms with van der Waals surface area (Å²) in [6.45, 7) is 2.96. The highest BCUT2D eigenvalue weighted by Gasteiger charge is 2.05. The first-order chi connectivity index (χ1) is 10.8. The Kier molecular flexibility index (Phi) is 12.6. The molecule has 0 radical (unpaired) electrons. The van der Waals surface area contributed by atoms with Crippen LogP contribution in [0.3, 0.4) is 0 Å². The van der Waals surface area contributed by atoms with E-state index >= 15 is 0 Å². The second-order valence-electron chi connectivity index (χ2n) is 6.01. The minimum Gasteiger partial charge on any atom is -0.350 e. The zero-order valence-electron chi connectivity index (χ0n) is 14.2. The van der Waals surface area contributed by atoms with Crippen LogP contribution in [0.25, 0.3) is 0 Å². The number of benzene rings is 1. The Morgan fingerprint density at radius 2 is 1.36 bits per heavy atom. The lowest BCUT2D eigenvalue weighted by atomic mass is 10.1. The number of hydrogen-bond donors (Lipinski definition) is 1. The van der Waals surface area contributed by atoms with Gasteiger partial charge in [0, 0.05) is 6.16 Å². The van der Waals surface area contributed by atoms with Crippen molar-refractivity contribution in [1.82, 2.24) is 0 Å². The smallest absolute Gasteiger partial charge is 0.172 e. The molecule has 0 aliphatic rings. The van der Waals surface area contributed by atoms with Gasteiger partial charge in [0.05, 0.1) is 6.61 Å². The molecular formula is C19H33O2P. The van der Waals surface area contributed by atoms with Gasteiger partial charge in [0.15, 0.2) is 8.38 Å². The summed E-state index contributed by atoms with van der Waals surface area (Å²) in [5, 5.41) is 0. The van der Waals surface area contributed by atoms with Crippen molar-refractivity contribution in [2.75, 3.05) is 6.61 Å². The number of hydrogen-bond acceptors (Lipinski definition) is 2. The molecule has 0 aliphatic carbocycles. The van der Waals surface area contributed by atoms with Crippen molar-refractivity contribution in [2.24, 2.45) is 0 Å². The summed E-state index contributed by atoms with van der Waals surface area (Å²) in [5.74, 6) is 0. The lowest BCUT2D eigenvalue weighted by molar-refractivity contribution is 0.297. The molecule has 0 saturated heterocycles. The van der Waals surface area contributed by atoms with E-state index in [4.69, 9.17) is 4.52 Å². The third kappa shape index (κ3) is 11.2. The second-order valence-corrected chi connectivity index (χ2v) is 7.29. The van der Waals surface area contributed by atoms with Crippen LogP contribution in [-0.4, -0.2) is 11.5 Å². The Hall–Kier alpha value is -0.430. The Morgan fingerprint density at radius 1 is 0.818 bits per heavy atom. The van der Waals surface area contributed by atoms with E-state index in [9.17, 15) is 4.89 Å². The van der Waals surface area contributed by atoms with Crippen LogP contribution in [0.1, 0.15) is 76.7 Å². The van der Waals surface area contributed by atoms with Crippen LogP contribution in [0.2, 0.25) is 0 Å². The van der Waals surface area contributed by atoms with E-state index in [0.29, 0.717) is 12.8 Å². The highest BCUT2D eigenvalue weighted by Crippen LogP contribution is 2.36. The standard InChI is InChI=1S/C19H33O2P/c1-2-3-4-5-6-7-8-9-10-14-17-21-22(20)18-19-15-12-11-13-16-19/h11-13,15-16,20H,2-10,14,17-18H2,1H3. The van der Waals surface area contributed by atoms with Gasteiger partial charge in [0.2, 0.25) is 0 Å². The van der Waals surface area contributed by atoms with E-state index in [0.717, 1.165) is 12.0 Å². The van der Waals surface area contributed by atoms with Crippen molar-refractivity contribution in [3.8, 4) is 0 Å². The Bertz CT molecular complexity index is 343. The molecule has 1 unspecified atom stereocenters. The maximum atomic E-state index is 9.89. The van der Waals surface area contributed by atoms with Gasteiger partial charge < -0.3 is 9.42 Å². The van der Waals surface area contributed by atoms with Crippen molar-refractivity contribution < 1.29 is 9.42 Å². The fourth-order valence-corrected chi connectivity index (χ4v) is 3.50. The number of unbranched alkanes of at least 4 members (excludes halogenated alkanes) is 9. The zero-order valence-corrected chi connectivity index (χ0v) is 15.1. The molecule has 1 aromatic rings. The van der Waals surface area contributed by atoms with Crippen molar-refractivity contribution >= 4 is 8.38 Å². The first-order valence-corrected chi connectivity index (χ1v) is 10.4. The van der Waals surface area contributed by atoms with Crippen LogP contribution in [0, 0.1) is 0 Å². The molecule has 1 N–H and O–H groups in total. The Labute approximate surface area is 138 Å². The summed E-state index contributed by atoms with van der Waals surface area (Å²) in [5.41, 5.74) is 1.15. The van der Waals surface area contributed by atoms with E-state index in [2.05, 4.69) is 6.92 Å². The molecule has 0 spiro atoms. The van der Waals surface area contributed by atoms with E-state index in [1.807, 2.05) is 30.3 Å². The van der Waals surface area contributed by atoms with Crippen molar-refractivity contribution in [1.29, 1.82) is 0 Å². The van der Waals surface area contributed by atoms with Gasteiger partial charge in [-0.05, 0) is 12.0 Å². The minimum absolute atomic E-state index is 0.647.